The van der Waals surface area contributed by atoms with Gasteiger partial charge >= 0.3 is 6.16 Å². The molecule has 0 N–H and O–H groups in total. The SMILES string of the molecule is CCCCCCCCCCCOC(=O)O[C@H]1CC[C@@]2(C)[C@H](CC[C@H]3[C@@H]4CC[C@@H]([C@H](C)CCCC(C)C)[C@@]4(C)CC[C@@H]32)C1. The molecule has 0 saturated heterocycles. The largest absolute Gasteiger partial charge is 0.508 e. The third kappa shape index (κ3) is 8.29. The van der Waals surface area contributed by atoms with E-state index < -0.39 is 6.16 Å². The molecule has 0 spiro atoms. The van der Waals surface area contributed by atoms with Gasteiger partial charge in [0, 0.05) is 0 Å². The van der Waals surface area contributed by atoms with Crippen molar-refractivity contribution >= 4 is 6.16 Å². The number of rotatable bonds is 16. The van der Waals surface area contributed by atoms with E-state index >= 15 is 0 Å². The molecule has 42 heavy (non-hydrogen) atoms. The van der Waals surface area contributed by atoms with Crippen LogP contribution in [-0.4, -0.2) is 18.9 Å². The Kier molecular flexibility index (Phi) is 13.0. The highest BCUT2D eigenvalue weighted by molar-refractivity contribution is 5.60. The van der Waals surface area contributed by atoms with Gasteiger partial charge in [-0.1, -0.05) is 112 Å². The third-order valence-electron chi connectivity index (χ3n) is 13.5. The zero-order valence-corrected chi connectivity index (χ0v) is 28.9. The minimum absolute atomic E-state index is 0.0617. The minimum Gasteiger partial charge on any atom is -0.434 e. The van der Waals surface area contributed by atoms with Gasteiger partial charge in [0.25, 0.3) is 0 Å². The molecular weight excluding hydrogens is 516 g/mol. The number of hydrogen-bond acceptors (Lipinski definition) is 3. The van der Waals surface area contributed by atoms with Crippen LogP contribution in [0.25, 0.3) is 0 Å². The van der Waals surface area contributed by atoms with Gasteiger partial charge in [-0.15, -0.1) is 0 Å². The van der Waals surface area contributed by atoms with E-state index in [1.165, 1.54) is 109 Å². The maximum absolute atomic E-state index is 12.5. The Bertz CT molecular complexity index is 807. The summed E-state index contributed by atoms with van der Waals surface area (Å²) in [5, 5.41) is 0. The van der Waals surface area contributed by atoms with Crippen LogP contribution in [0.4, 0.5) is 4.79 Å². The molecule has 9 atom stereocenters. The topological polar surface area (TPSA) is 35.5 Å². The van der Waals surface area contributed by atoms with Crippen LogP contribution in [0, 0.1) is 52.3 Å². The molecule has 4 aliphatic carbocycles. The van der Waals surface area contributed by atoms with Gasteiger partial charge in [-0.05, 0) is 116 Å². The van der Waals surface area contributed by atoms with Crippen molar-refractivity contribution in [2.24, 2.45) is 52.3 Å². The zero-order valence-electron chi connectivity index (χ0n) is 28.9. The molecule has 0 amide bonds. The van der Waals surface area contributed by atoms with E-state index in [9.17, 15) is 4.79 Å². The Morgan fingerprint density at radius 2 is 1.40 bits per heavy atom. The Balaban J connectivity index is 1.19. The summed E-state index contributed by atoms with van der Waals surface area (Å²) in [6, 6.07) is 0. The maximum Gasteiger partial charge on any atom is 0.508 e. The molecule has 3 heteroatoms. The van der Waals surface area contributed by atoms with Gasteiger partial charge in [-0.25, -0.2) is 4.79 Å². The average molecular weight is 587 g/mol. The van der Waals surface area contributed by atoms with E-state index in [-0.39, 0.29) is 6.10 Å². The fraction of sp³-hybridized carbons (Fsp3) is 0.974. The van der Waals surface area contributed by atoms with Crippen LogP contribution >= 0.6 is 0 Å². The van der Waals surface area contributed by atoms with Crippen LogP contribution in [0.1, 0.15) is 176 Å². The summed E-state index contributed by atoms with van der Waals surface area (Å²) in [6.45, 7) is 15.5. The number of carbonyl (C=O) groups excluding carboxylic acids is 1. The average Bonchev–Trinajstić information content (AvgIpc) is 3.31. The van der Waals surface area contributed by atoms with E-state index in [4.69, 9.17) is 9.47 Å². The monoisotopic (exact) mass is 587 g/mol. The standard InChI is InChI=1S/C39H70O3/c1-7-8-9-10-11-12-13-14-15-27-41-37(40)42-32-23-25-38(5)31(28-32)19-20-33-35-22-21-34(30(4)18-16-17-29(2)3)39(35,6)26-24-36(33)38/h29-36H,7-28H2,1-6H3/t30-,31-,32+,33+,34+,35+,36+,38+,39-/m1/s1. The highest BCUT2D eigenvalue weighted by atomic mass is 16.7. The first-order valence-corrected chi connectivity index (χ1v) is 19.0. The first-order chi connectivity index (χ1) is 20.2. The molecule has 0 unspecified atom stereocenters. The van der Waals surface area contributed by atoms with Crippen molar-refractivity contribution < 1.29 is 14.3 Å². The molecule has 0 aromatic heterocycles. The summed E-state index contributed by atoms with van der Waals surface area (Å²) in [5.74, 6) is 6.11. The summed E-state index contributed by atoms with van der Waals surface area (Å²) >= 11 is 0. The van der Waals surface area contributed by atoms with Gasteiger partial charge in [-0.2, -0.15) is 0 Å². The molecule has 244 valence electrons. The summed E-state index contributed by atoms with van der Waals surface area (Å²) in [6.07, 6.45) is 27.3. The van der Waals surface area contributed by atoms with Gasteiger partial charge < -0.3 is 9.47 Å². The van der Waals surface area contributed by atoms with Crippen LogP contribution in [0.3, 0.4) is 0 Å². The van der Waals surface area contributed by atoms with Crippen molar-refractivity contribution in [2.75, 3.05) is 6.61 Å². The van der Waals surface area contributed by atoms with Crippen molar-refractivity contribution in [1.82, 2.24) is 0 Å². The molecule has 0 aromatic rings. The molecule has 0 heterocycles. The van der Waals surface area contributed by atoms with Gasteiger partial charge in [-0.3, -0.25) is 0 Å². The second kappa shape index (κ2) is 16.0. The molecule has 4 saturated carbocycles. The maximum atomic E-state index is 12.5. The fourth-order valence-electron chi connectivity index (χ4n) is 11.1. The molecule has 0 aromatic carbocycles. The summed E-state index contributed by atoms with van der Waals surface area (Å²) in [7, 11) is 0. The van der Waals surface area contributed by atoms with E-state index in [2.05, 4.69) is 41.5 Å². The zero-order chi connectivity index (χ0) is 30.2. The molecule has 0 bridgehead atoms. The number of carbonyl (C=O) groups is 1. The normalized spacial score (nSPS) is 36.6. The lowest BCUT2D eigenvalue weighted by molar-refractivity contribution is -0.132. The van der Waals surface area contributed by atoms with Crippen LogP contribution in [0.5, 0.6) is 0 Å². The fourth-order valence-corrected chi connectivity index (χ4v) is 11.1. The van der Waals surface area contributed by atoms with Crippen LogP contribution in [0.2, 0.25) is 0 Å². The Morgan fingerprint density at radius 1 is 0.738 bits per heavy atom. The lowest BCUT2D eigenvalue weighted by Crippen LogP contribution is -2.54. The molecule has 0 aliphatic heterocycles. The van der Waals surface area contributed by atoms with Crippen molar-refractivity contribution in [3.05, 3.63) is 0 Å². The van der Waals surface area contributed by atoms with Crippen LogP contribution in [-0.2, 0) is 9.47 Å². The molecular formula is C39H70O3. The number of fused-ring (bicyclic) bond motifs is 5. The molecule has 4 aliphatic rings. The lowest BCUT2D eigenvalue weighted by Gasteiger charge is -2.61. The Labute approximate surface area is 261 Å². The first-order valence-electron chi connectivity index (χ1n) is 19.0. The second-order valence-electron chi connectivity index (χ2n) is 16.6. The quantitative estimate of drug-likeness (QED) is 0.133. The highest BCUT2D eigenvalue weighted by Crippen LogP contribution is 2.68. The van der Waals surface area contributed by atoms with Crippen LogP contribution < -0.4 is 0 Å². The molecule has 4 fully saturated rings. The summed E-state index contributed by atoms with van der Waals surface area (Å²) < 4.78 is 11.4. The van der Waals surface area contributed by atoms with E-state index in [0.29, 0.717) is 23.4 Å². The number of hydrogen-bond donors (Lipinski definition) is 0. The number of ether oxygens (including phenoxy) is 2. The summed E-state index contributed by atoms with van der Waals surface area (Å²) in [4.78, 5) is 12.5. The third-order valence-corrected chi connectivity index (χ3v) is 13.5. The van der Waals surface area contributed by atoms with Gasteiger partial charge in [0.2, 0.25) is 0 Å². The Hall–Kier alpha value is -0.730. The molecule has 4 rings (SSSR count). The number of unbranched alkanes of at least 4 members (excludes halogenated alkanes) is 8. The smallest absolute Gasteiger partial charge is 0.434 e. The van der Waals surface area contributed by atoms with Gasteiger partial charge in [0.1, 0.15) is 6.10 Å². The van der Waals surface area contributed by atoms with E-state index in [1.54, 1.807) is 0 Å². The predicted octanol–water partition coefficient (Wildman–Crippen LogP) is 12.2. The lowest BCUT2D eigenvalue weighted by atomic mass is 9.44. The first kappa shape index (κ1) is 34.1. The molecule has 3 nitrogen and oxygen atoms in total. The van der Waals surface area contributed by atoms with Gasteiger partial charge in [0.15, 0.2) is 0 Å². The Morgan fingerprint density at radius 3 is 2.12 bits per heavy atom. The highest BCUT2D eigenvalue weighted by Gasteiger charge is 2.60. The second-order valence-corrected chi connectivity index (χ2v) is 16.6. The predicted molar refractivity (Wildman–Crippen MR) is 177 cm³/mol. The van der Waals surface area contributed by atoms with E-state index in [0.717, 1.165) is 61.2 Å². The minimum atomic E-state index is -0.412. The summed E-state index contributed by atoms with van der Waals surface area (Å²) in [5.41, 5.74) is 1.01. The van der Waals surface area contributed by atoms with Crippen molar-refractivity contribution in [2.45, 2.75) is 182 Å². The van der Waals surface area contributed by atoms with Crippen molar-refractivity contribution in [3.8, 4) is 0 Å². The van der Waals surface area contributed by atoms with Crippen molar-refractivity contribution in [3.63, 3.8) is 0 Å². The van der Waals surface area contributed by atoms with E-state index in [1.807, 2.05) is 0 Å². The van der Waals surface area contributed by atoms with Crippen molar-refractivity contribution in [1.29, 1.82) is 0 Å². The van der Waals surface area contributed by atoms with Gasteiger partial charge in [0.05, 0.1) is 6.61 Å². The van der Waals surface area contributed by atoms with Crippen LogP contribution in [0.15, 0.2) is 0 Å². The molecule has 0 radical (unpaired) electrons.